The molecule has 0 saturated carbocycles. The molecule has 2 aromatic heterocycles. The number of anilines is 1. The SMILES string of the molecule is CCN1CCN(c2ccc(Cc3ccc(-c4ccc(C(C)=O)cc4)n4ccnc34)cc2)CC1. The zero-order valence-corrected chi connectivity index (χ0v) is 19.4. The van der Waals surface area contributed by atoms with Crippen LogP contribution in [0.2, 0.25) is 0 Å². The molecule has 0 radical (unpaired) electrons. The molecule has 1 aliphatic rings. The molecule has 0 aliphatic carbocycles. The Morgan fingerprint density at radius 3 is 2.30 bits per heavy atom. The summed E-state index contributed by atoms with van der Waals surface area (Å²) in [5, 5.41) is 0. The summed E-state index contributed by atoms with van der Waals surface area (Å²) < 4.78 is 2.14. The van der Waals surface area contributed by atoms with Crippen molar-refractivity contribution in [2.45, 2.75) is 20.3 Å². The Hall–Kier alpha value is -3.44. The second-order valence-corrected chi connectivity index (χ2v) is 8.76. The van der Waals surface area contributed by atoms with Crippen molar-refractivity contribution in [3.8, 4) is 11.3 Å². The summed E-state index contributed by atoms with van der Waals surface area (Å²) in [4.78, 5) is 21.2. The van der Waals surface area contributed by atoms with Gasteiger partial charge in [-0.05, 0) is 48.4 Å². The average molecular weight is 439 g/mol. The molecule has 0 bridgehead atoms. The molecule has 168 valence electrons. The minimum absolute atomic E-state index is 0.0823. The van der Waals surface area contributed by atoms with Gasteiger partial charge in [0.15, 0.2) is 5.78 Å². The maximum atomic E-state index is 11.6. The molecule has 1 fully saturated rings. The molecule has 0 N–H and O–H groups in total. The van der Waals surface area contributed by atoms with Crippen molar-refractivity contribution in [3.05, 3.63) is 89.7 Å². The Balaban J connectivity index is 1.35. The summed E-state index contributed by atoms with van der Waals surface area (Å²) in [6, 6.07) is 21.1. The fourth-order valence-electron chi connectivity index (χ4n) is 4.69. The van der Waals surface area contributed by atoms with Gasteiger partial charge in [-0.1, -0.05) is 49.4 Å². The number of carbonyl (C=O) groups is 1. The number of aromatic nitrogens is 2. The molecule has 5 rings (SSSR count). The van der Waals surface area contributed by atoms with E-state index in [0.717, 1.165) is 61.6 Å². The molecular formula is C28H30N4O. The number of fused-ring (bicyclic) bond motifs is 1. The number of carbonyl (C=O) groups excluding carboxylic acids is 1. The molecule has 1 saturated heterocycles. The predicted octanol–water partition coefficient (Wildman–Crippen LogP) is 4.94. The van der Waals surface area contributed by atoms with Gasteiger partial charge in [0.25, 0.3) is 0 Å². The van der Waals surface area contributed by atoms with Crippen LogP contribution in [0.25, 0.3) is 16.9 Å². The zero-order valence-electron chi connectivity index (χ0n) is 19.4. The number of pyridine rings is 1. The number of likely N-dealkylation sites (N-methyl/N-ethyl adjacent to an activating group) is 1. The van der Waals surface area contributed by atoms with Gasteiger partial charge in [0, 0.05) is 56.2 Å². The predicted molar refractivity (Wildman–Crippen MR) is 134 cm³/mol. The van der Waals surface area contributed by atoms with Crippen molar-refractivity contribution in [2.24, 2.45) is 0 Å². The van der Waals surface area contributed by atoms with Crippen molar-refractivity contribution < 1.29 is 4.79 Å². The molecule has 5 heteroatoms. The lowest BCUT2D eigenvalue weighted by Crippen LogP contribution is -2.46. The Morgan fingerprint density at radius 2 is 1.64 bits per heavy atom. The lowest BCUT2D eigenvalue weighted by Gasteiger charge is -2.35. The standard InChI is InChI=1S/C28H30N4O/c1-3-30-16-18-31(19-17-30)26-11-4-22(5-12-26)20-25-10-13-27(32-15-14-29-28(25)32)24-8-6-23(7-9-24)21(2)33/h4-15H,3,16-20H2,1-2H3. The van der Waals surface area contributed by atoms with Crippen LogP contribution in [-0.2, 0) is 6.42 Å². The largest absolute Gasteiger partial charge is 0.369 e. The first-order chi connectivity index (χ1) is 16.1. The van der Waals surface area contributed by atoms with Gasteiger partial charge in [0.1, 0.15) is 5.65 Å². The van der Waals surface area contributed by atoms with Crippen LogP contribution >= 0.6 is 0 Å². The molecular weight excluding hydrogens is 408 g/mol. The fraction of sp³-hybridized carbons (Fsp3) is 0.286. The minimum Gasteiger partial charge on any atom is -0.369 e. The van der Waals surface area contributed by atoms with Crippen LogP contribution in [0.15, 0.2) is 73.1 Å². The highest BCUT2D eigenvalue weighted by Crippen LogP contribution is 2.25. The molecule has 4 aromatic rings. The van der Waals surface area contributed by atoms with Crippen molar-refractivity contribution in [1.29, 1.82) is 0 Å². The van der Waals surface area contributed by atoms with Gasteiger partial charge in [0.2, 0.25) is 0 Å². The third-order valence-electron chi connectivity index (χ3n) is 6.73. The van der Waals surface area contributed by atoms with Crippen LogP contribution in [0.1, 0.15) is 35.3 Å². The topological polar surface area (TPSA) is 40.9 Å². The van der Waals surface area contributed by atoms with E-state index < -0.39 is 0 Å². The number of Topliss-reactive ketones (excluding diaryl/α,β-unsaturated/α-hetero) is 1. The molecule has 0 amide bonds. The third-order valence-corrected chi connectivity index (χ3v) is 6.73. The second-order valence-electron chi connectivity index (χ2n) is 8.76. The number of nitrogens with zero attached hydrogens (tertiary/aromatic N) is 4. The van der Waals surface area contributed by atoms with E-state index in [0.29, 0.717) is 0 Å². The van der Waals surface area contributed by atoms with Gasteiger partial charge in [0.05, 0.1) is 5.69 Å². The van der Waals surface area contributed by atoms with E-state index in [4.69, 9.17) is 0 Å². The first kappa shape index (κ1) is 21.4. The molecule has 1 aliphatic heterocycles. The number of ketones is 1. The van der Waals surface area contributed by atoms with E-state index in [9.17, 15) is 4.79 Å². The number of rotatable bonds is 6. The lowest BCUT2D eigenvalue weighted by molar-refractivity contribution is 0.101. The van der Waals surface area contributed by atoms with Crippen molar-refractivity contribution in [3.63, 3.8) is 0 Å². The molecule has 3 heterocycles. The second kappa shape index (κ2) is 9.20. The number of hydrogen-bond donors (Lipinski definition) is 0. The van der Waals surface area contributed by atoms with Gasteiger partial charge in [-0.3, -0.25) is 9.20 Å². The highest BCUT2D eigenvalue weighted by atomic mass is 16.1. The average Bonchev–Trinajstić information content (AvgIpc) is 3.35. The molecule has 33 heavy (non-hydrogen) atoms. The summed E-state index contributed by atoms with van der Waals surface area (Å²) in [5.74, 6) is 0.0823. The van der Waals surface area contributed by atoms with Crippen LogP contribution in [0.3, 0.4) is 0 Å². The zero-order chi connectivity index (χ0) is 22.8. The highest BCUT2D eigenvalue weighted by molar-refractivity contribution is 5.94. The smallest absolute Gasteiger partial charge is 0.159 e. The Kier molecular flexibility index (Phi) is 5.97. The van der Waals surface area contributed by atoms with E-state index in [2.05, 4.69) is 62.5 Å². The first-order valence-electron chi connectivity index (χ1n) is 11.7. The maximum absolute atomic E-state index is 11.6. The summed E-state index contributed by atoms with van der Waals surface area (Å²) in [7, 11) is 0. The van der Waals surface area contributed by atoms with Gasteiger partial charge in [-0.15, -0.1) is 0 Å². The molecule has 0 unspecified atom stereocenters. The summed E-state index contributed by atoms with van der Waals surface area (Å²) in [6.07, 6.45) is 4.70. The van der Waals surface area contributed by atoms with Gasteiger partial charge in [-0.25, -0.2) is 4.98 Å². The normalized spacial score (nSPS) is 14.7. The Bertz CT molecular complexity index is 1250. The van der Waals surface area contributed by atoms with Crippen LogP contribution in [-0.4, -0.2) is 52.8 Å². The molecule has 0 spiro atoms. The Morgan fingerprint density at radius 1 is 0.909 bits per heavy atom. The number of hydrogen-bond acceptors (Lipinski definition) is 4. The molecule has 5 nitrogen and oxygen atoms in total. The van der Waals surface area contributed by atoms with Gasteiger partial charge >= 0.3 is 0 Å². The van der Waals surface area contributed by atoms with Crippen molar-refractivity contribution in [1.82, 2.24) is 14.3 Å². The van der Waals surface area contributed by atoms with Gasteiger partial charge in [-0.2, -0.15) is 0 Å². The van der Waals surface area contributed by atoms with Crippen LogP contribution in [0.5, 0.6) is 0 Å². The van der Waals surface area contributed by atoms with Crippen LogP contribution < -0.4 is 4.90 Å². The molecule has 0 atom stereocenters. The fourth-order valence-corrected chi connectivity index (χ4v) is 4.69. The van der Waals surface area contributed by atoms with Gasteiger partial charge < -0.3 is 9.80 Å². The van der Waals surface area contributed by atoms with Crippen molar-refractivity contribution >= 4 is 17.1 Å². The van der Waals surface area contributed by atoms with Crippen LogP contribution in [0.4, 0.5) is 5.69 Å². The van der Waals surface area contributed by atoms with Crippen LogP contribution in [0, 0.1) is 0 Å². The van der Waals surface area contributed by atoms with E-state index >= 15 is 0 Å². The number of imidazole rings is 1. The highest BCUT2D eigenvalue weighted by Gasteiger charge is 2.16. The van der Waals surface area contributed by atoms with E-state index in [1.54, 1.807) is 6.92 Å². The first-order valence-corrected chi connectivity index (χ1v) is 11.7. The molecule has 2 aromatic carbocycles. The quantitative estimate of drug-likeness (QED) is 0.400. The van der Waals surface area contributed by atoms with E-state index in [-0.39, 0.29) is 5.78 Å². The number of benzene rings is 2. The Labute approximate surface area is 195 Å². The summed E-state index contributed by atoms with van der Waals surface area (Å²) in [5.41, 5.74) is 7.65. The maximum Gasteiger partial charge on any atom is 0.159 e. The monoisotopic (exact) mass is 438 g/mol. The lowest BCUT2D eigenvalue weighted by atomic mass is 10.0. The van der Waals surface area contributed by atoms with E-state index in [1.807, 2.05) is 36.7 Å². The number of piperazine rings is 1. The minimum atomic E-state index is 0.0823. The van der Waals surface area contributed by atoms with Crippen molar-refractivity contribution in [2.75, 3.05) is 37.6 Å². The summed E-state index contributed by atoms with van der Waals surface area (Å²) >= 11 is 0. The third kappa shape index (κ3) is 4.41. The van der Waals surface area contributed by atoms with E-state index in [1.165, 1.54) is 16.8 Å². The summed E-state index contributed by atoms with van der Waals surface area (Å²) in [6.45, 7) is 9.43.